The summed E-state index contributed by atoms with van der Waals surface area (Å²) in [6, 6.07) is 6.21. The van der Waals surface area contributed by atoms with Crippen molar-refractivity contribution >= 4 is 16.7 Å². The van der Waals surface area contributed by atoms with Gasteiger partial charge in [-0.3, -0.25) is 0 Å². The predicted octanol–water partition coefficient (Wildman–Crippen LogP) is 2.74. The van der Waals surface area contributed by atoms with Gasteiger partial charge >= 0.3 is 0 Å². The molecule has 0 radical (unpaired) electrons. The van der Waals surface area contributed by atoms with Crippen molar-refractivity contribution in [2.24, 2.45) is 0 Å². The molecular formula is C12H14N2. The zero-order valence-corrected chi connectivity index (χ0v) is 8.76. The van der Waals surface area contributed by atoms with E-state index in [9.17, 15) is 0 Å². The Hall–Kier alpha value is -1.57. The maximum absolute atomic E-state index is 5.72. The van der Waals surface area contributed by atoms with Crippen molar-refractivity contribution in [2.75, 3.05) is 5.73 Å². The molecule has 0 saturated heterocycles. The first-order chi connectivity index (χ1) is 6.58. The minimum absolute atomic E-state index is 0.599. The molecule has 0 spiro atoms. The fourth-order valence-electron chi connectivity index (χ4n) is 1.87. The summed E-state index contributed by atoms with van der Waals surface area (Å²) < 4.78 is 0. The second-order valence-electron chi connectivity index (χ2n) is 3.84. The third-order valence-corrected chi connectivity index (χ3v) is 2.47. The third-order valence-electron chi connectivity index (χ3n) is 2.47. The lowest BCUT2D eigenvalue weighted by Gasteiger charge is -2.07. The Morgan fingerprint density at radius 2 is 1.71 bits per heavy atom. The molecule has 2 aromatic rings. The molecule has 72 valence electrons. The molecule has 2 rings (SSSR count). The summed E-state index contributed by atoms with van der Waals surface area (Å²) in [6.45, 7) is 6.24. The Kier molecular flexibility index (Phi) is 1.92. The van der Waals surface area contributed by atoms with E-state index in [0.717, 1.165) is 5.52 Å². The molecule has 0 bridgehead atoms. The fraction of sp³-hybridized carbons (Fsp3) is 0.250. The maximum atomic E-state index is 5.72. The van der Waals surface area contributed by atoms with E-state index in [1.807, 2.05) is 6.07 Å². The highest BCUT2D eigenvalue weighted by atomic mass is 14.8. The van der Waals surface area contributed by atoms with Gasteiger partial charge in [0.15, 0.2) is 0 Å². The second-order valence-corrected chi connectivity index (χ2v) is 3.84. The lowest BCUT2D eigenvalue weighted by molar-refractivity contribution is 1.32. The van der Waals surface area contributed by atoms with Gasteiger partial charge in [0.2, 0.25) is 0 Å². The molecule has 0 atom stereocenters. The Morgan fingerprint density at radius 3 is 2.43 bits per heavy atom. The van der Waals surface area contributed by atoms with E-state index in [1.165, 1.54) is 22.1 Å². The van der Waals surface area contributed by atoms with E-state index >= 15 is 0 Å². The van der Waals surface area contributed by atoms with E-state index in [-0.39, 0.29) is 0 Å². The van der Waals surface area contributed by atoms with Crippen molar-refractivity contribution in [1.29, 1.82) is 0 Å². The first-order valence-corrected chi connectivity index (χ1v) is 4.72. The average Bonchev–Trinajstić information content (AvgIpc) is 2.07. The number of fused-ring (bicyclic) bond motifs is 1. The lowest BCUT2D eigenvalue weighted by Crippen LogP contribution is -1.94. The van der Waals surface area contributed by atoms with Crippen LogP contribution in [0, 0.1) is 20.8 Å². The molecule has 2 N–H and O–H groups in total. The number of aryl methyl sites for hydroxylation is 3. The summed E-state index contributed by atoms with van der Waals surface area (Å²) in [4.78, 5) is 4.35. The number of benzene rings is 1. The molecular weight excluding hydrogens is 172 g/mol. The molecule has 0 aliphatic carbocycles. The van der Waals surface area contributed by atoms with Gasteiger partial charge in [0.1, 0.15) is 5.82 Å². The Labute approximate surface area is 83.8 Å². The van der Waals surface area contributed by atoms with Crippen LogP contribution in [0.2, 0.25) is 0 Å². The number of rotatable bonds is 0. The summed E-state index contributed by atoms with van der Waals surface area (Å²) in [5.74, 6) is 0.599. The van der Waals surface area contributed by atoms with E-state index in [4.69, 9.17) is 5.73 Å². The number of nitrogens with zero attached hydrogens (tertiary/aromatic N) is 1. The number of anilines is 1. The smallest absolute Gasteiger partial charge is 0.124 e. The highest BCUT2D eigenvalue weighted by Crippen LogP contribution is 2.23. The van der Waals surface area contributed by atoms with Crippen molar-refractivity contribution in [3.63, 3.8) is 0 Å². The van der Waals surface area contributed by atoms with Crippen LogP contribution in [0.1, 0.15) is 16.7 Å². The molecule has 0 amide bonds. The molecule has 1 aromatic carbocycles. The molecule has 0 aliphatic rings. The van der Waals surface area contributed by atoms with Crippen LogP contribution < -0.4 is 5.73 Å². The highest BCUT2D eigenvalue weighted by Gasteiger charge is 2.04. The van der Waals surface area contributed by atoms with Crippen molar-refractivity contribution in [2.45, 2.75) is 20.8 Å². The lowest BCUT2D eigenvalue weighted by atomic mass is 10.0. The maximum Gasteiger partial charge on any atom is 0.124 e. The van der Waals surface area contributed by atoms with Gasteiger partial charge in [-0.25, -0.2) is 4.98 Å². The number of pyridine rings is 1. The van der Waals surface area contributed by atoms with Crippen molar-refractivity contribution < 1.29 is 0 Å². The van der Waals surface area contributed by atoms with Crippen LogP contribution in [-0.2, 0) is 0 Å². The van der Waals surface area contributed by atoms with E-state index in [0.29, 0.717) is 5.82 Å². The minimum Gasteiger partial charge on any atom is -0.384 e. The van der Waals surface area contributed by atoms with Gasteiger partial charge in [-0.05, 0) is 44.0 Å². The molecule has 2 heteroatoms. The van der Waals surface area contributed by atoms with Crippen LogP contribution in [0.4, 0.5) is 5.82 Å². The molecule has 2 nitrogen and oxygen atoms in total. The van der Waals surface area contributed by atoms with E-state index < -0.39 is 0 Å². The van der Waals surface area contributed by atoms with Gasteiger partial charge in [-0.2, -0.15) is 0 Å². The molecule has 0 fully saturated rings. The molecule has 0 unspecified atom stereocenters. The van der Waals surface area contributed by atoms with Gasteiger partial charge in [0.25, 0.3) is 0 Å². The summed E-state index contributed by atoms with van der Waals surface area (Å²) >= 11 is 0. The molecule has 1 aromatic heterocycles. The number of hydrogen-bond donors (Lipinski definition) is 1. The number of nitrogens with two attached hydrogens (primary N) is 1. The summed E-state index contributed by atoms with van der Waals surface area (Å²) in [5.41, 5.74) is 10.4. The van der Waals surface area contributed by atoms with Gasteiger partial charge < -0.3 is 5.73 Å². The van der Waals surface area contributed by atoms with Gasteiger partial charge in [0.05, 0.1) is 5.52 Å². The third kappa shape index (κ3) is 1.33. The van der Waals surface area contributed by atoms with Crippen molar-refractivity contribution in [1.82, 2.24) is 4.98 Å². The Morgan fingerprint density at radius 1 is 1.00 bits per heavy atom. The van der Waals surface area contributed by atoms with Gasteiger partial charge in [-0.15, -0.1) is 0 Å². The molecule has 0 saturated carbocycles. The minimum atomic E-state index is 0.599. The zero-order chi connectivity index (χ0) is 10.3. The normalized spacial score (nSPS) is 10.8. The fourth-order valence-corrected chi connectivity index (χ4v) is 1.87. The van der Waals surface area contributed by atoms with Crippen molar-refractivity contribution in [3.8, 4) is 0 Å². The second kappa shape index (κ2) is 2.98. The largest absolute Gasteiger partial charge is 0.384 e. The number of nitrogen functional groups attached to an aromatic ring is 1. The number of hydrogen-bond acceptors (Lipinski definition) is 2. The molecule has 1 heterocycles. The van der Waals surface area contributed by atoms with E-state index in [2.05, 4.69) is 37.9 Å². The summed E-state index contributed by atoms with van der Waals surface area (Å²) in [6.07, 6.45) is 0. The topological polar surface area (TPSA) is 38.9 Å². The molecule has 0 aliphatic heterocycles. The van der Waals surface area contributed by atoms with E-state index in [1.54, 1.807) is 0 Å². The number of aromatic nitrogens is 1. The van der Waals surface area contributed by atoms with Crippen LogP contribution in [0.25, 0.3) is 10.9 Å². The van der Waals surface area contributed by atoms with Crippen LogP contribution in [0.5, 0.6) is 0 Å². The first kappa shape index (κ1) is 9.00. The monoisotopic (exact) mass is 186 g/mol. The predicted molar refractivity (Wildman–Crippen MR) is 60.4 cm³/mol. The van der Waals surface area contributed by atoms with Crippen LogP contribution in [0.3, 0.4) is 0 Å². The molecule has 14 heavy (non-hydrogen) atoms. The summed E-state index contributed by atoms with van der Waals surface area (Å²) in [7, 11) is 0. The van der Waals surface area contributed by atoms with Crippen LogP contribution in [-0.4, -0.2) is 4.98 Å². The van der Waals surface area contributed by atoms with Crippen molar-refractivity contribution in [3.05, 3.63) is 34.9 Å². The average molecular weight is 186 g/mol. The van der Waals surface area contributed by atoms with Crippen LogP contribution >= 0.6 is 0 Å². The Balaban J connectivity index is 2.94. The first-order valence-electron chi connectivity index (χ1n) is 4.72. The zero-order valence-electron chi connectivity index (χ0n) is 8.76. The summed E-state index contributed by atoms with van der Waals surface area (Å²) in [5, 5.41) is 1.21. The Bertz CT molecular complexity index is 454. The van der Waals surface area contributed by atoms with Crippen LogP contribution in [0.15, 0.2) is 18.2 Å². The van der Waals surface area contributed by atoms with Gasteiger partial charge in [-0.1, -0.05) is 11.6 Å². The quantitative estimate of drug-likeness (QED) is 0.687. The van der Waals surface area contributed by atoms with Gasteiger partial charge in [0, 0.05) is 5.39 Å². The SMILES string of the molecule is Cc1cc(C)c2nc(N)cc(C)c2c1. The standard InChI is InChI=1S/C12H14N2/c1-7-4-9(3)12-10(5-7)8(2)6-11(13)14-12/h4-6H,1-3H3,(H2,13,14). The highest BCUT2D eigenvalue weighted by molar-refractivity contribution is 5.86.